The first-order valence-electron chi connectivity index (χ1n) is 9.96. The summed E-state index contributed by atoms with van der Waals surface area (Å²) in [4.78, 5) is 3.97. The Balaban J connectivity index is 1.25. The molecule has 0 bridgehead atoms. The molecular formula is C20H30N3O2S+. The lowest BCUT2D eigenvalue weighted by Gasteiger charge is -2.37. The molecule has 3 aliphatic rings. The molecule has 5 nitrogen and oxygen atoms in total. The maximum atomic E-state index is 5.71. The van der Waals surface area contributed by atoms with Gasteiger partial charge >= 0.3 is 0 Å². The number of nitrogens with zero attached hydrogens (tertiary/aromatic N) is 1. The van der Waals surface area contributed by atoms with Crippen molar-refractivity contribution in [3.63, 3.8) is 0 Å². The summed E-state index contributed by atoms with van der Waals surface area (Å²) in [6.45, 7) is 8.04. The van der Waals surface area contributed by atoms with Crippen LogP contribution >= 0.6 is 12.2 Å². The van der Waals surface area contributed by atoms with Crippen molar-refractivity contribution in [2.24, 2.45) is 5.92 Å². The number of fused-ring (bicyclic) bond motifs is 1. The molecule has 142 valence electrons. The van der Waals surface area contributed by atoms with Gasteiger partial charge in [0.15, 0.2) is 16.6 Å². The van der Waals surface area contributed by atoms with Gasteiger partial charge in [0.05, 0.1) is 26.2 Å². The quantitative estimate of drug-likeness (QED) is 0.784. The van der Waals surface area contributed by atoms with Crippen molar-refractivity contribution in [1.29, 1.82) is 0 Å². The van der Waals surface area contributed by atoms with Gasteiger partial charge in [-0.1, -0.05) is 19.8 Å². The van der Waals surface area contributed by atoms with E-state index >= 15 is 0 Å². The molecule has 0 amide bonds. The first-order valence-corrected chi connectivity index (χ1v) is 10.4. The molecule has 1 aromatic rings. The predicted molar refractivity (Wildman–Crippen MR) is 106 cm³/mol. The molecule has 4 rings (SSSR count). The minimum absolute atomic E-state index is 0.342. The summed E-state index contributed by atoms with van der Waals surface area (Å²) in [6.07, 6.45) is 5.29. The highest BCUT2D eigenvalue weighted by atomic mass is 32.1. The second kappa shape index (κ2) is 8.01. The van der Waals surface area contributed by atoms with Crippen LogP contribution in [-0.4, -0.2) is 49.0 Å². The van der Waals surface area contributed by atoms with Crippen molar-refractivity contribution in [1.82, 2.24) is 10.2 Å². The molecular weight excluding hydrogens is 346 g/mol. The zero-order chi connectivity index (χ0) is 17.9. The summed E-state index contributed by atoms with van der Waals surface area (Å²) in [5, 5.41) is 4.61. The van der Waals surface area contributed by atoms with Gasteiger partial charge in [-0.2, -0.15) is 0 Å². The van der Waals surface area contributed by atoms with Crippen LogP contribution in [0.3, 0.4) is 0 Å². The number of nitrogens with one attached hydrogen (secondary N) is 2. The molecule has 1 saturated heterocycles. The van der Waals surface area contributed by atoms with Gasteiger partial charge in [0.2, 0.25) is 6.79 Å². The van der Waals surface area contributed by atoms with E-state index in [1.54, 1.807) is 4.90 Å². The Hall–Kier alpha value is -1.53. The molecule has 6 heteroatoms. The topological polar surface area (TPSA) is 38.2 Å². The van der Waals surface area contributed by atoms with Gasteiger partial charge in [0.1, 0.15) is 6.54 Å². The summed E-state index contributed by atoms with van der Waals surface area (Å²) in [5.74, 6) is 2.48. The number of hydrogen-bond donors (Lipinski definition) is 2. The van der Waals surface area contributed by atoms with Gasteiger partial charge in [-0.25, -0.2) is 0 Å². The Kier molecular flexibility index (Phi) is 5.50. The van der Waals surface area contributed by atoms with Crippen molar-refractivity contribution >= 4 is 17.3 Å². The highest BCUT2D eigenvalue weighted by Gasteiger charge is 2.26. The van der Waals surface area contributed by atoms with E-state index in [0.29, 0.717) is 12.8 Å². The summed E-state index contributed by atoms with van der Waals surface area (Å²) in [5.41, 5.74) is 1.31. The van der Waals surface area contributed by atoms with Crippen LogP contribution in [0.25, 0.3) is 0 Å². The minimum atomic E-state index is 0.342. The number of quaternary nitrogens is 1. The SMILES string of the molecule is C[C@@H]1CCCC[C@H]1NC(=S)N1CC[NH+](Cc2ccc3c(c2)OCO3)CC1. The van der Waals surface area contributed by atoms with Crippen LogP contribution in [0.4, 0.5) is 0 Å². The third-order valence-electron chi connectivity index (χ3n) is 6.07. The van der Waals surface area contributed by atoms with E-state index in [9.17, 15) is 0 Å². The Labute approximate surface area is 161 Å². The third kappa shape index (κ3) is 4.07. The van der Waals surface area contributed by atoms with Gasteiger partial charge in [0, 0.05) is 11.6 Å². The highest BCUT2D eigenvalue weighted by Crippen LogP contribution is 2.32. The van der Waals surface area contributed by atoms with E-state index in [-0.39, 0.29) is 0 Å². The van der Waals surface area contributed by atoms with Gasteiger partial charge in [-0.3, -0.25) is 0 Å². The molecule has 2 aliphatic heterocycles. The monoisotopic (exact) mass is 376 g/mol. The number of ether oxygens (including phenoxy) is 2. The lowest BCUT2D eigenvalue weighted by atomic mass is 9.86. The predicted octanol–water partition coefficient (Wildman–Crippen LogP) is 1.57. The van der Waals surface area contributed by atoms with Crippen LogP contribution in [0, 0.1) is 5.92 Å². The smallest absolute Gasteiger partial charge is 0.231 e. The molecule has 2 atom stereocenters. The molecule has 2 heterocycles. The fourth-order valence-corrected chi connectivity index (χ4v) is 4.66. The fourth-order valence-electron chi connectivity index (χ4n) is 4.32. The summed E-state index contributed by atoms with van der Waals surface area (Å²) >= 11 is 5.71. The number of piperazine rings is 1. The normalized spacial score (nSPS) is 26.0. The van der Waals surface area contributed by atoms with Gasteiger partial charge < -0.3 is 24.6 Å². The standard InChI is InChI=1S/C20H29N3O2S/c1-15-4-2-3-5-17(15)21-20(26)23-10-8-22(9-11-23)13-16-6-7-18-19(12-16)25-14-24-18/h6-7,12,15,17H,2-5,8-11,13-14H2,1H3,(H,21,26)/p+1/t15-,17-/m1/s1. The van der Waals surface area contributed by atoms with Crippen LogP contribution in [0.2, 0.25) is 0 Å². The Morgan fingerprint density at radius 3 is 2.77 bits per heavy atom. The van der Waals surface area contributed by atoms with Crippen molar-refractivity contribution in [3.8, 4) is 11.5 Å². The number of thiocarbonyl (C=S) groups is 1. The molecule has 1 saturated carbocycles. The van der Waals surface area contributed by atoms with Crippen LogP contribution in [-0.2, 0) is 6.54 Å². The molecule has 0 unspecified atom stereocenters. The van der Waals surface area contributed by atoms with Crippen LogP contribution in [0.5, 0.6) is 11.5 Å². The first-order chi connectivity index (χ1) is 12.7. The zero-order valence-electron chi connectivity index (χ0n) is 15.6. The number of hydrogen-bond acceptors (Lipinski definition) is 3. The molecule has 2 N–H and O–H groups in total. The van der Waals surface area contributed by atoms with E-state index in [0.717, 1.165) is 55.3 Å². The molecule has 1 aromatic carbocycles. The van der Waals surface area contributed by atoms with Crippen LogP contribution in [0.15, 0.2) is 18.2 Å². The van der Waals surface area contributed by atoms with Gasteiger partial charge in [-0.05, 0) is 49.2 Å². The van der Waals surface area contributed by atoms with E-state index in [4.69, 9.17) is 21.7 Å². The average molecular weight is 377 g/mol. The number of benzene rings is 1. The summed E-state index contributed by atoms with van der Waals surface area (Å²) < 4.78 is 10.9. The summed E-state index contributed by atoms with van der Waals surface area (Å²) in [7, 11) is 0. The zero-order valence-corrected chi connectivity index (χ0v) is 16.4. The third-order valence-corrected chi connectivity index (χ3v) is 6.45. The molecule has 2 fully saturated rings. The highest BCUT2D eigenvalue weighted by molar-refractivity contribution is 7.80. The van der Waals surface area contributed by atoms with E-state index in [1.807, 2.05) is 6.07 Å². The number of rotatable bonds is 3. The van der Waals surface area contributed by atoms with E-state index in [1.165, 1.54) is 31.2 Å². The van der Waals surface area contributed by atoms with E-state index < -0.39 is 0 Å². The molecule has 0 radical (unpaired) electrons. The van der Waals surface area contributed by atoms with Crippen molar-refractivity contribution < 1.29 is 14.4 Å². The largest absolute Gasteiger partial charge is 0.454 e. The average Bonchev–Trinajstić information content (AvgIpc) is 3.12. The van der Waals surface area contributed by atoms with Crippen molar-refractivity contribution in [2.75, 3.05) is 33.0 Å². The van der Waals surface area contributed by atoms with Crippen LogP contribution in [0.1, 0.15) is 38.2 Å². The first kappa shape index (κ1) is 17.9. The second-order valence-electron chi connectivity index (χ2n) is 7.92. The maximum Gasteiger partial charge on any atom is 0.231 e. The Morgan fingerprint density at radius 1 is 1.19 bits per heavy atom. The van der Waals surface area contributed by atoms with Gasteiger partial charge in [-0.15, -0.1) is 0 Å². The lowest BCUT2D eigenvalue weighted by Crippen LogP contribution is -3.13. The summed E-state index contributed by atoms with van der Waals surface area (Å²) in [6, 6.07) is 6.87. The minimum Gasteiger partial charge on any atom is -0.454 e. The molecule has 0 spiro atoms. The van der Waals surface area contributed by atoms with Crippen molar-refractivity contribution in [3.05, 3.63) is 23.8 Å². The van der Waals surface area contributed by atoms with Crippen LogP contribution < -0.4 is 19.7 Å². The second-order valence-corrected chi connectivity index (χ2v) is 8.31. The maximum absolute atomic E-state index is 5.71. The Bertz CT molecular complexity index is 646. The molecule has 1 aliphatic carbocycles. The lowest BCUT2D eigenvalue weighted by molar-refractivity contribution is -0.917. The Morgan fingerprint density at radius 2 is 1.96 bits per heavy atom. The van der Waals surface area contributed by atoms with Gasteiger partial charge in [0.25, 0.3) is 0 Å². The fraction of sp³-hybridized carbons (Fsp3) is 0.650. The molecule has 26 heavy (non-hydrogen) atoms. The van der Waals surface area contributed by atoms with E-state index in [2.05, 4.69) is 29.3 Å². The molecule has 0 aromatic heterocycles. The van der Waals surface area contributed by atoms with Crippen molar-refractivity contribution in [2.45, 2.75) is 45.2 Å².